The van der Waals surface area contributed by atoms with Crippen molar-refractivity contribution in [3.63, 3.8) is 0 Å². The third-order valence-corrected chi connectivity index (χ3v) is 0. The molecule has 0 saturated heterocycles. The van der Waals surface area contributed by atoms with Crippen LogP contribution in [0, 0.1) is 29.7 Å². The van der Waals surface area contributed by atoms with Crippen LogP contribution in [0.1, 0.15) is 29.7 Å². The average molecular weight is 286 g/mol. The first-order chi connectivity index (χ1) is 0. The van der Waals surface area contributed by atoms with E-state index in [1.807, 2.05) is 0 Å². The Kier molecular flexibility index (Phi) is 19800. The molecule has 0 aliphatic carbocycles. The molecule has 0 heterocycles. The molecule has 0 fully saturated rings. The SMILES string of the molecule is C.C.C.C.O.[CH3-].[CH3-].[CH3-].[CH3-].[Ti+2].[Ti].[Ti]. The van der Waals surface area contributed by atoms with Crippen LogP contribution in [0.2, 0.25) is 0 Å². The van der Waals surface area contributed by atoms with Crippen LogP contribution >= 0.6 is 0 Å². The van der Waals surface area contributed by atoms with E-state index in [1.54, 1.807) is 0 Å². The van der Waals surface area contributed by atoms with Crippen LogP contribution in [-0.4, -0.2) is 5.48 Å². The van der Waals surface area contributed by atoms with Gasteiger partial charge in [-0.05, 0) is 0 Å². The Morgan fingerprint density at radius 2 is 0.417 bits per heavy atom. The second-order valence-corrected chi connectivity index (χ2v) is 0. The van der Waals surface area contributed by atoms with Gasteiger partial charge >= 0.3 is 21.7 Å². The molecule has 0 amide bonds. The molecule has 0 spiro atoms. The maximum atomic E-state index is 0. The summed E-state index contributed by atoms with van der Waals surface area (Å²) in [6.45, 7) is 0. The topological polar surface area (TPSA) is 31.5 Å². The molecule has 0 atom stereocenters. The Morgan fingerprint density at radius 3 is 0.417 bits per heavy atom. The molecule has 0 radical (unpaired) electrons. The van der Waals surface area contributed by atoms with Crippen molar-refractivity contribution in [2.24, 2.45) is 0 Å². The van der Waals surface area contributed by atoms with E-state index in [2.05, 4.69) is 0 Å². The van der Waals surface area contributed by atoms with Crippen LogP contribution in [0.5, 0.6) is 0 Å². The summed E-state index contributed by atoms with van der Waals surface area (Å²) in [5, 5.41) is 0. The van der Waals surface area contributed by atoms with Crippen LogP contribution in [0.3, 0.4) is 0 Å². The Morgan fingerprint density at radius 1 is 0.417 bits per heavy atom. The molecule has 0 rings (SSSR count). The maximum absolute atomic E-state index is 0. The minimum absolute atomic E-state index is 0. The van der Waals surface area contributed by atoms with Gasteiger partial charge in [0.15, 0.2) is 0 Å². The van der Waals surface area contributed by atoms with Crippen molar-refractivity contribution in [3.8, 4) is 0 Å². The average Bonchev–Trinajstić information content (AvgIpc) is 0. The van der Waals surface area contributed by atoms with E-state index in [-0.39, 0.29) is 130 Å². The van der Waals surface area contributed by atoms with Crippen LogP contribution in [0.25, 0.3) is 0 Å². The minimum Gasteiger partial charge on any atom is -0.412 e. The van der Waals surface area contributed by atoms with Gasteiger partial charge in [0.2, 0.25) is 0 Å². The monoisotopic (exact) mass is 286 g/mol. The molecule has 12 heavy (non-hydrogen) atoms. The fourth-order valence-electron chi connectivity index (χ4n) is 0. The van der Waals surface area contributed by atoms with E-state index in [4.69, 9.17) is 0 Å². The van der Waals surface area contributed by atoms with Gasteiger partial charge in [-0.3, -0.25) is 0 Å². The summed E-state index contributed by atoms with van der Waals surface area (Å²) in [6, 6.07) is 0. The first kappa shape index (κ1) is 548. The summed E-state index contributed by atoms with van der Waals surface area (Å²) in [4.78, 5) is 0. The van der Waals surface area contributed by atoms with Crippen molar-refractivity contribution in [2.45, 2.75) is 29.7 Å². The van der Waals surface area contributed by atoms with E-state index in [9.17, 15) is 0 Å². The standard InChI is InChI=1S/4CH4.4CH3.H2O.3Ti/h4*1H4;4*1H3;1H2;;;/q;;;;4*-1;;;;+2. The van der Waals surface area contributed by atoms with E-state index in [0.717, 1.165) is 0 Å². The molecule has 4 heteroatoms. The first-order valence-corrected chi connectivity index (χ1v) is 0. The zero-order chi connectivity index (χ0) is 0. The van der Waals surface area contributed by atoms with Crippen molar-refractivity contribution in [1.82, 2.24) is 0 Å². The summed E-state index contributed by atoms with van der Waals surface area (Å²) < 4.78 is 0. The van der Waals surface area contributed by atoms with Gasteiger partial charge in [-0.15, -0.1) is 0 Å². The molecule has 0 aliphatic rings. The second kappa shape index (κ2) is 434. The Hall–Kier alpha value is 2.10. The van der Waals surface area contributed by atoms with Crippen molar-refractivity contribution in [1.29, 1.82) is 0 Å². The Bertz CT molecular complexity index is 14.3. The van der Waals surface area contributed by atoms with Gasteiger partial charge in [0.05, 0.1) is 0 Å². The predicted octanol–water partition coefficient (Wildman–Crippen LogP) is 3.51. The quantitative estimate of drug-likeness (QED) is 0.482. The largest absolute Gasteiger partial charge is 2.00 e. The second-order valence-electron chi connectivity index (χ2n) is 0. The van der Waals surface area contributed by atoms with E-state index in [0.29, 0.717) is 0 Å². The van der Waals surface area contributed by atoms with Gasteiger partial charge in [-0.2, -0.15) is 0 Å². The third kappa shape index (κ3) is 337. The van der Waals surface area contributed by atoms with Gasteiger partial charge in [0.25, 0.3) is 0 Å². The van der Waals surface area contributed by atoms with Crippen LogP contribution in [-0.2, 0) is 65.2 Å². The van der Waals surface area contributed by atoms with Crippen molar-refractivity contribution in [3.05, 3.63) is 29.7 Å². The molecule has 2 N–H and O–H groups in total. The van der Waals surface area contributed by atoms with Gasteiger partial charge in [-0.25, -0.2) is 0 Å². The number of hydrogen-bond acceptors (Lipinski definition) is 0. The molecule has 0 unspecified atom stereocenters. The summed E-state index contributed by atoms with van der Waals surface area (Å²) in [5.41, 5.74) is 0. The molecule has 1 nitrogen and oxygen atoms in total. The molecular formula is C8H30OTi3-2. The van der Waals surface area contributed by atoms with Crippen LogP contribution in [0.15, 0.2) is 0 Å². The predicted molar refractivity (Wildman–Crippen MR) is 56.2 cm³/mol. The van der Waals surface area contributed by atoms with Crippen molar-refractivity contribution in [2.75, 3.05) is 0 Å². The molecule has 0 saturated carbocycles. The fraction of sp³-hybridized carbons (Fsp3) is 0.500. The fourth-order valence-corrected chi connectivity index (χ4v) is 0. The third-order valence-electron chi connectivity index (χ3n) is 0. The van der Waals surface area contributed by atoms with Gasteiger partial charge in [0.1, 0.15) is 0 Å². The molecule has 82 valence electrons. The zero-order valence-electron chi connectivity index (χ0n) is 6.00. The van der Waals surface area contributed by atoms with Gasteiger partial charge < -0.3 is 35.2 Å². The zero-order valence-corrected chi connectivity index (χ0v) is 10.7. The van der Waals surface area contributed by atoms with Crippen molar-refractivity contribution < 1.29 is 70.6 Å². The van der Waals surface area contributed by atoms with Crippen LogP contribution < -0.4 is 0 Å². The summed E-state index contributed by atoms with van der Waals surface area (Å²) in [6.07, 6.45) is 0. The van der Waals surface area contributed by atoms with Gasteiger partial charge in [-0.1, -0.05) is 29.7 Å². The van der Waals surface area contributed by atoms with Crippen molar-refractivity contribution >= 4 is 0 Å². The Labute approximate surface area is 129 Å². The molecule has 0 aromatic rings. The first-order valence-electron chi connectivity index (χ1n) is 0. The molecule has 0 aromatic heterocycles. The summed E-state index contributed by atoms with van der Waals surface area (Å²) in [5.74, 6) is 0. The smallest absolute Gasteiger partial charge is 0.412 e. The number of rotatable bonds is 0. The summed E-state index contributed by atoms with van der Waals surface area (Å²) >= 11 is 0. The summed E-state index contributed by atoms with van der Waals surface area (Å²) in [7, 11) is 0. The molecule has 0 aliphatic heterocycles. The van der Waals surface area contributed by atoms with Crippen LogP contribution in [0.4, 0.5) is 0 Å². The van der Waals surface area contributed by atoms with E-state index < -0.39 is 0 Å². The molecule has 0 aromatic carbocycles. The van der Waals surface area contributed by atoms with Gasteiger partial charge in [0, 0.05) is 43.4 Å². The maximum Gasteiger partial charge on any atom is 2.00 e. The molecular weight excluding hydrogens is 256 g/mol. The normalized spacial score (nSPS) is 0. The van der Waals surface area contributed by atoms with E-state index in [1.165, 1.54) is 0 Å². The number of hydrogen-bond donors (Lipinski definition) is 0. The molecule has 0 bridgehead atoms. The van der Waals surface area contributed by atoms with E-state index >= 15 is 0 Å². The minimum atomic E-state index is 0. The Balaban J connectivity index is 0.